The maximum atomic E-state index is 12.9. The number of fused-ring (bicyclic) bond motifs is 1. The highest BCUT2D eigenvalue weighted by Gasteiger charge is 2.30. The molecule has 0 radical (unpaired) electrons. The number of carbonyl (C=O) groups is 1. The summed E-state index contributed by atoms with van der Waals surface area (Å²) in [5.41, 5.74) is 0.719. The van der Waals surface area contributed by atoms with Crippen molar-refractivity contribution in [2.24, 2.45) is 0 Å². The van der Waals surface area contributed by atoms with Gasteiger partial charge in [-0.25, -0.2) is 9.78 Å². The fraction of sp³-hybridized carbons (Fsp3) is 0.286. The Morgan fingerprint density at radius 3 is 2.89 bits per heavy atom. The summed E-state index contributed by atoms with van der Waals surface area (Å²) >= 11 is 0. The molecule has 4 rings (SSSR count). The molecule has 1 aliphatic heterocycles. The van der Waals surface area contributed by atoms with Crippen LogP contribution in [0.3, 0.4) is 0 Å². The highest BCUT2D eigenvalue weighted by molar-refractivity contribution is 5.97. The van der Waals surface area contributed by atoms with Crippen LogP contribution in [-0.4, -0.2) is 42.1 Å². The second-order valence-corrected chi connectivity index (χ2v) is 6.78. The lowest BCUT2D eigenvalue weighted by Crippen LogP contribution is -2.33. The first-order valence-electron chi connectivity index (χ1n) is 9.04. The molecule has 3 aromatic rings. The Kier molecular flexibility index (Phi) is 4.73. The third-order valence-corrected chi connectivity index (χ3v) is 4.78. The number of carbonyl (C=O) groups excluding carboxylic acids is 1. The van der Waals surface area contributed by atoms with Crippen LogP contribution >= 0.6 is 0 Å². The number of nitrogens with zero attached hydrogens (tertiary/aromatic N) is 2. The molecule has 3 heterocycles. The van der Waals surface area contributed by atoms with Gasteiger partial charge in [0.25, 0.3) is 5.91 Å². The predicted octanol–water partition coefficient (Wildman–Crippen LogP) is 2.80. The number of para-hydroxylation sites is 1. The van der Waals surface area contributed by atoms with Crippen LogP contribution in [0.25, 0.3) is 11.0 Å². The SMILES string of the molecule is COc1cccc2cc(C(=O)N3CCC(Oc4ccc(C)cn4)C3)c(=O)oc12. The summed E-state index contributed by atoms with van der Waals surface area (Å²) in [5.74, 6) is 0.623. The molecule has 1 atom stereocenters. The normalized spacial score (nSPS) is 16.4. The van der Waals surface area contributed by atoms with Gasteiger partial charge in [0.1, 0.15) is 11.7 Å². The Morgan fingerprint density at radius 1 is 1.29 bits per heavy atom. The van der Waals surface area contributed by atoms with Gasteiger partial charge in [-0.1, -0.05) is 18.2 Å². The highest BCUT2D eigenvalue weighted by atomic mass is 16.5. The minimum Gasteiger partial charge on any atom is -0.493 e. The van der Waals surface area contributed by atoms with Crippen molar-refractivity contribution in [1.29, 1.82) is 0 Å². The van der Waals surface area contributed by atoms with E-state index in [1.54, 1.807) is 35.4 Å². The van der Waals surface area contributed by atoms with Gasteiger partial charge < -0.3 is 18.8 Å². The highest BCUT2D eigenvalue weighted by Crippen LogP contribution is 2.25. The molecule has 0 aliphatic carbocycles. The molecule has 2 aromatic heterocycles. The summed E-state index contributed by atoms with van der Waals surface area (Å²) in [6.45, 7) is 2.85. The van der Waals surface area contributed by atoms with Gasteiger partial charge in [0.05, 0.1) is 13.7 Å². The van der Waals surface area contributed by atoms with Crippen molar-refractivity contribution >= 4 is 16.9 Å². The molecule has 1 fully saturated rings. The van der Waals surface area contributed by atoms with Crippen LogP contribution in [0.5, 0.6) is 11.6 Å². The number of aromatic nitrogens is 1. The van der Waals surface area contributed by atoms with Crippen molar-refractivity contribution in [3.05, 3.63) is 64.1 Å². The number of methoxy groups -OCH3 is 1. The molecule has 0 bridgehead atoms. The first kappa shape index (κ1) is 18.0. The number of pyridine rings is 1. The van der Waals surface area contributed by atoms with Crippen LogP contribution in [0.1, 0.15) is 22.3 Å². The van der Waals surface area contributed by atoms with E-state index >= 15 is 0 Å². The van der Waals surface area contributed by atoms with E-state index in [2.05, 4.69) is 4.98 Å². The summed E-state index contributed by atoms with van der Waals surface area (Å²) < 4.78 is 16.4. The van der Waals surface area contributed by atoms with E-state index in [0.29, 0.717) is 42.1 Å². The van der Waals surface area contributed by atoms with Crippen LogP contribution in [-0.2, 0) is 0 Å². The number of amides is 1. The first-order valence-corrected chi connectivity index (χ1v) is 9.04. The van der Waals surface area contributed by atoms with Crippen molar-refractivity contribution < 1.29 is 18.7 Å². The van der Waals surface area contributed by atoms with Gasteiger partial charge in [-0.3, -0.25) is 4.79 Å². The molecule has 144 valence electrons. The Bertz CT molecular complexity index is 1070. The van der Waals surface area contributed by atoms with E-state index in [9.17, 15) is 9.59 Å². The fourth-order valence-electron chi connectivity index (χ4n) is 3.30. The van der Waals surface area contributed by atoms with E-state index in [4.69, 9.17) is 13.9 Å². The molecule has 0 spiro atoms. The number of rotatable bonds is 4. The fourth-order valence-corrected chi connectivity index (χ4v) is 3.30. The molecular weight excluding hydrogens is 360 g/mol. The number of hydrogen-bond acceptors (Lipinski definition) is 6. The molecule has 1 saturated heterocycles. The topological polar surface area (TPSA) is 81.9 Å². The number of hydrogen-bond donors (Lipinski definition) is 0. The quantitative estimate of drug-likeness (QED) is 0.648. The van der Waals surface area contributed by atoms with Gasteiger partial charge >= 0.3 is 5.63 Å². The molecule has 7 nitrogen and oxygen atoms in total. The van der Waals surface area contributed by atoms with E-state index in [1.165, 1.54) is 7.11 Å². The van der Waals surface area contributed by atoms with Crippen LogP contribution in [0, 0.1) is 6.92 Å². The number of ether oxygens (including phenoxy) is 2. The average Bonchev–Trinajstić information content (AvgIpc) is 3.17. The van der Waals surface area contributed by atoms with Gasteiger partial charge in [-0.2, -0.15) is 0 Å². The number of likely N-dealkylation sites (tertiary alicyclic amines) is 1. The van der Waals surface area contributed by atoms with Crippen LogP contribution in [0.2, 0.25) is 0 Å². The second-order valence-electron chi connectivity index (χ2n) is 6.78. The summed E-state index contributed by atoms with van der Waals surface area (Å²) in [5, 5.41) is 0.637. The summed E-state index contributed by atoms with van der Waals surface area (Å²) in [7, 11) is 1.50. The smallest absolute Gasteiger partial charge is 0.349 e. The molecular formula is C21H20N2O5. The van der Waals surface area contributed by atoms with Crippen molar-refractivity contribution in [3.8, 4) is 11.6 Å². The Hall–Kier alpha value is -3.35. The molecule has 1 aliphatic rings. The summed E-state index contributed by atoms with van der Waals surface area (Å²) in [6, 6.07) is 10.6. The Balaban J connectivity index is 1.52. The van der Waals surface area contributed by atoms with Gasteiger partial charge in [-0.15, -0.1) is 0 Å². The van der Waals surface area contributed by atoms with Crippen molar-refractivity contribution in [2.45, 2.75) is 19.4 Å². The maximum Gasteiger partial charge on any atom is 0.349 e. The largest absolute Gasteiger partial charge is 0.493 e. The Morgan fingerprint density at radius 2 is 2.14 bits per heavy atom. The molecule has 7 heteroatoms. The molecule has 1 aromatic carbocycles. The number of aryl methyl sites for hydroxylation is 1. The lowest BCUT2D eigenvalue weighted by Gasteiger charge is -2.17. The zero-order valence-corrected chi connectivity index (χ0v) is 15.7. The van der Waals surface area contributed by atoms with Gasteiger partial charge in [0.15, 0.2) is 11.3 Å². The molecule has 1 amide bonds. The summed E-state index contributed by atoms with van der Waals surface area (Å²) in [4.78, 5) is 31.1. The van der Waals surface area contributed by atoms with E-state index in [-0.39, 0.29) is 17.6 Å². The monoisotopic (exact) mass is 380 g/mol. The van der Waals surface area contributed by atoms with Crippen molar-refractivity contribution in [3.63, 3.8) is 0 Å². The maximum absolute atomic E-state index is 12.9. The zero-order valence-electron chi connectivity index (χ0n) is 15.7. The third kappa shape index (κ3) is 3.43. The van der Waals surface area contributed by atoms with Crippen molar-refractivity contribution in [1.82, 2.24) is 9.88 Å². The Labute approximate surface area is 161 Å². The number of benzene rings is 1. The molecule has 0 N–H and O–H groups in total. The molecule has 0 saturated carbocycles. The second kappa shape index (κ2) is 7.34. The first-order chi connectivity index (χ1) is 13.5. The van der Waals surface area contributed by atoms with Crippen LogP contribution < -0.4 is 15.1 Å². The van der Waals surface area contributed by atoms with E-state index in [0.717, 1.165) is 5.56 Å². The lowest BCUT2D eigenvalue weighted by molar-refractivity contribution is 0.0767. The zero-order chi connectivity index (χ0) is 19.7. The van der Waals surface area contributed by atoms with E-state index < -0.39 is 5.63 Å². The van der Waals surface area contributed by atoms with Crippen LogP contribution in [0.15, 0.2) is 51.8 Å². The van der Waals surface area contributed by atoms with E-state index in [1.807, 2.05) is 19.1 Å². The predicted molar refractivity (Wildman–Crippen MR) is 103 cm³/mol. The standard InChI is InChI=1S/C21H20N2O5/c1-13-6-7-18(22-11-13)27-15-8-9-23(12-15)20(24)16-10-14-4-3-5-17(26-2)19(14)28-21(16)25/h3-7,10-11,15H,8-9,12H2,1-2H3. The van der Waals surface area contributed by atoms with Gasteiger partial charge in [0, 0.05) is 30.6 Å². The lowest BCUT2D eigenvalue weighted by atomic mass is 10.1. The van der Waals surface area contributed by atoms with Crippen molar-refractivity contribution in [2.75, 3.05) is 20.2 Å². The van der Waals surface area contributed by atoms with Crippen LogP contribution in [0.4, 0.5) is 0 Å². The minimum absolute atomic E-state index is 0.00913. The van der Waals surface area contributed by atoms with Gasteiger partial charge in [-0.05, 0) is 24.6 Å². The average molecular weight is 380 g/mol. The molecule has 28 heavy (non-hydrogen) atoms. The third-order valence-electron chi connectivity index (χ3n) is 4.78. The minimum atomic E-state index is -0.674. The molecule has 1 unspecified atom stereocenters. The summed E-state index contributed by atoms with van der Waals surface area (Å²) in [6.07, 6.45) is 2.25. The van der Waals surface area contributed by atoms with Gasteiger partial charge in [0.2, 0.25) is 5.88 Å².